The lowest BCUT2D eigenvalue weighted by atomic mass is 10.4. The Hall–Kier alpha value is -1.52. The van der Waals surface area contributed by atoms with Gasteiger partial charge in [0.2, 0.25) is 0 Å². The van der Waals surface area contributed by atoms with Gasteiger partial charge in [-0.2, -0.15) is 5.10 Å². The Balaban J connectivity index is 3.00. The summed E-state index contributed by atoms with van der Waals surface area (Å²) in [5.74, 6) is -0.722. The average Bonchev–Trinajstić information content (AvgIpc) is 2.30. The molecule has 1 heterocycles. The Morgan fingerprint density at radius 2 is 2.31 bits per heavy atom. The highest BCUT2D eigenvalue weighted by molar-refractivity contribution is 5.88. The molecular formula is C8H12N2O3. The molecule has 0 saturated carbocycles. The molecule has 0 saturated heterocycles. The second-order valence-electron chi connectivity index (χ2n) is 2.95. The van der Waals surface area contributed by atoms with Crippen LogP contribution in [0.1, 0.15) is 24.3 Å². The van der Waals surface area contributed by atoms with Crippen LogP contribution in [0.25, 0.3) is 0 Å². The summed E-state index contributed by atoms with van der Waals surface area (Å²) in [6.07, 6.45) is 1.35. The number of aromatic nitrogens is 2. The minimum absolute atomic E-state index is 0.0534. The molecule has 1 rings (SSSR count). The van der Waals surface area contributed by atoms with Crippen molar-refractivity contribution in [1.82, 2.24) is 9.78 Å². The lowest BCUT2D eigenvalue weighted by Crippen LogP contribution is -2.11. The lowest BCUT2D eigenvalue weighted by Gasteiger charge is -2.07. The van der Waals surface area contributed by atoms with Crippen LogP contribution in [-0.2, 0) is 7.05 Å². The Morgan fingerprint density at radius 1 is 1.69 bits per heavy atom. The monoisotopic (exact) mass is 184 g/mol. The predicted octanol–water partition coefficient (Wildman–Crippen LogP) is 0.905. The molecule has 0 radical (unpaired) electrons. The van der Waals surface area contributed by atoms with E-state index in [2.05, 4.69) is 5.10 Å². The maximum absolute atomic E-state index is 10.7. The second kappa shape index (κ2) is 3.47. The third-order valence-electron chi connectivity index (χ3n) is 1.47. The van der Waals surface area contributed by atoms with Gasteiger partial charge in [-0.15, -0.1) is 0 Å². The van der Waals surface area contributed by atoms with Crippen molar-refractivity contribution < 1.29 is 14.6 Å². The Morgan fingerprint density at radius 3 is 2.77 bits per heavy atom. The van der Waals surface area contributed by atoms with Crippen molar-refractivity contribution in [2.75, 3.05) is 0 Å². The first-order valence-corrected chi connectivity index (χ1v) is 3.94. The fraction of sp³-hybridized carbons (Fsp3) is 0.500. The van der Waals surface area contributed by atoms with E-state index in [1.54, 1.807) is 7.05 Å². The molecule has 0 aliphatic carbocycles. The van der Waals surface area contributed by atoms with E-state index in [0.29, 0.717) is 5.75 Å². The third-order valence-corrected chi connectivity index (χ3v) is 1.47. The van der Waals surface area contributed by atoms with Crippen LogP contribution in [0.15, 0.2) is 6.20 Å². The van der Waals surface area contributed by atoms with E-state index in [4.69, 9.17) is 9.84 Å². The van der Waals surface area contributed by atoms with Gasteiger partial charge < -0.3 is 9.84 Å². The fourth-order valence-electron chi connectivity index (χ4n) is 1.00. The topological polar surface area (TPSA) is 64.4 Å². The first-order valence-electron chi connectivity index (χ1n) is 3.94. The molecule has 0 aromatic carbocycles. The van der Waals surface area contributed by atoms with Crippen molar-refractivity contribution in [3.63, 3.8) is 0 Å². The van der Waals surface area contributed by atoms with Gasteiger partial charge in [-0.05, 0) is 13.8 Å². The number of carboxylic acids is 1. The zero-order valence-corrected chi connectivity index (χ0v) is 7.81. The van der Waals surface area contributed by atoms with Crippen molar-refractivity contribution in [2.24, 2.45) is 7.05 Å². The average molecular weight is 184 g/mol. The predicted molar refractivity (Wildman–Crippen MR) is 45.9 cm³/mol. The molecule has 0 aliphatic rings. The van der Waals surface area contributed by atoms with E-state index < -0.39 is 5.97 Å². The zero-order chi connectivity index (χ0) is 10.0. The molecule has 5 heteroatoms. The smallest absolute Gasteiger partial charge is 0.358 e. The zero-order valence-electron chi connectivity index (χ0n) is 7.81. The van der Waals surface area contributed by atoms with Crippen molar-refractivity contribution in [1.29, 1.82) is 0 Å². The maximum Gasteiger partial charge on any atom is 0.358 e. The van der Waals surface area contributed by atoms with Gasteiger partial charge >= 0.3 is 5.97 Å². The summed E-state index contributed by atoms with van der Waals surface area (Å²) in [5.41, 5.74) is 0.0775. The van der Waals surface area contributed by atoms with Crippen molar-refractivity contribution in [2.45, 2.75) is 20.0 Å². The molecule has 72 valence electrons. The molecule has 1 aromatic heterocycles. The molecule has 1 N–H and O–H groups in total. The number of rotatable bonds is 3. The minimum Gasteiger partial charge on any atom is -0.487 e. The summed E-state index contributed by atoms with van der Waals surface area (Å²) in [6, 6.07) is 0. The van der Waals surface area contributed by atoms with E-state index in [1.807, 2.05) is 13.8 Å². The first-order chi connectivity index (χ1) is 6.02. The summed E-state index contributed by atoms with van der Waals surface area (Å²) in [5, 5.41) is 12.6. The minimum atomic E-state index is -1.03. The number of aryl methyl sites for hydroxylation is 1. The van der Waals surface area contributed by atoms with Crippen LogP contribution < -0.4 is 4.74 Å². The van der Waals surface area contributed by atoms with Gasteiger partial charge in [0.05, 0.1) is 12.3 Å². The summed E-state index contributed by atoms with van der Waals surface area (Å²) >= 11 is 0. The molecule has 0 atom stereocenters. The fourth-order valence-corrected chi connectivity index (χ4v) is 1.00. The summed E-state index contributed by atoms with van der Waals surface area (Å²) < 4.78 is 6.54. The van der Waals surface area contributed by atoms with Crippen LogP contribution in [-0.4, -0.2) is 27.0 Å². The van der Waals surface area contributed by atoms with Crippen LogP contribution in [0, 0.1) is 0 Å². The molecule has 0 aliphatic heterocycles. The molecule has 13 heavy (non-hydrogen) atoms. The van der Waals surface area contributed by atoms with E-state index in [1.165, 1.54) is 10.9 Å². The summed E-state index contributed by atoms with van der Waals surface area (Å²) in [7, 11) is 1.57. The first kappa shape index (κ1) is 9.57. The van der Waals surface area contributed by atoms with Crippen molar-refractivity contribution >= 4 is 5.97 Å². The maximum atomic E-state index is 10.7. The van der Waals surface area contributed by atoms with Crippen LogP contribution >= 0.6 is 0 Å². The standard InChI is InChI=1S/C8H12N2O3/c1-5(2)13-6-4-9-10(3)7(6)8(11)12/h4-5H,1-3H3,(H,11,12). The number of carboxylic acid groups (broad SMARTS) is 1. The van der Waals surface area contributed by atoms with Crippen LogP contribution in [0.3, 0.4) is 0 Å². The van der Waals surface area contributed by atoms with Crippen LogP contribution in [0.4, 0.5) is 0 Å². The van der Waals surface area contributed by atoms with Gasteiger partial charge in [-0.3, -0.25) is 4.68 Å². The quantitative estimate of drug-likeness (QED) is 0.758. The molecular weight excluding hydrogens is 172 g/mol. The number of hydrogen-bond acceptors (Lipinski definition) is 3. The number of ether oxygens (including phenoxy) is 1. The Labute approximate surface area is 75.9 Å². The molecule has 1 aromatic rings. The Bertz CT molecular complexity index is 317. The molecule has 0 bridgehead atoms. The van der Waals surface area contributed by atoms with Gasteiger partial charge in [0.15, 0.2) is 11.4 Å². The van der Waals surface area contributed by atoms with Gasteiger partial charge in [0.25, 0.3) is 0 Å². The van der Waals surface area contributed by atoms with Gasteiger partial charge in [-0.1, -0.05) is 0 Å². The summed E-state index contributed by atoms with van der Waals surface area (Å²) in [4.78, 5) is 10.7. The van der Waals surface area contributed by atoms with Crippen LogP contribution in [0.2, 0.25) is 0 Å². The second-order valence-corrected chi connectivity index (χ2v) is 2.95. The molecule has 0 spiro atoms. The third kappa shape index (κ3) is 1.99. The van der Waals surface area contributed by atoms with Gasteiger partial charge in [-0.25, -0.2) is 4.79 Å². The molecule has 0 fully saturated rings. The largest absolute Gasteiger partial charge is 0.487 e. The highest BCUT2D eigenvalue weighted by atomic mass is 16.5. The number of nitrogens with zero attached hydrogens (tertiary/aromatic N) is 2. The summed E-state index contributed by atoms with van der Waals surface area (Å²) in [6.45, 7) is 3.66. The highest BCUT2D eigenvalue weighted by Gasteiger charge is 2.17. The highest BCUT2D eigenvalue weighted by Crippen LogP contribution is 2.18. The molecule has 5 nitrogen and oxygen atoms in total. The number of carbonyl (C=O) groups is 1. The van der Waals surface area contributed by atoms with E-state index in [-0.39, 0.29) is 11.8 Å². The Kier molecular flexibility index (Phi) is 2.55. The van der Waals surface area contributed by atoms with Crippen LogP contribution in [0.5, 0.6) is 5.75 Å². The van der Waals surface area contributed by atoms with E-state index in [9.17, 15) is 4.79 Å². The van der Waals surface area contributed by atoms with Crippen molar-refractivity contribution in [3.8, 4) is 5.75 Å². The lowest BCUT2D eigenvalue weighted by molar-refractivity contribution is 0.0678. The van der Waals surface area contributed by atoms with Gasteiger partial charge in [0.1, 0.15) is 0 Å². The van der Waals surface area contributed by atoms with Crippen molar-refractivity contribution in [3.05, 3.63) is 11.9 Å². The number of aromatic carboxylic acids is 1. The number of hydrogen-bond donors (Lipinski definition) is 1. The molecule has 0 unspecified atom stereocenters. The molecule has 0 amide bonds. The SMILES string of the molecule is CC(C)Oc1cnn(C)c1C(=O)O. The normalized spacial score (nSPS) is 10.5. The van der Waals surface area contributed by atoms with Gasteiger partial charge in [0, 0.05) is 7.05 Å². The van der Waals surface area contributed by atoms with E-state index in [0.717, 1.165) is 0 Å². The van der Waals surface area contributed by atoms with E-state index >= 15 is 0 Å².